The van der Waals surface area contributed by atoms with Crippen LogP contribution in [0, 0.1) is 11.6 Å². The van der Waals surface area contributed by atoms with Gasteiger partial charge in [-0.15, -0.1) is 0 Å². The summed E-state index contributed by atoms with van der Waals surface area (Å²) in [4.78, 5) is 28.5. The second kappa shape index (κ2) is 7.31. The number of halogens is 2. The van der Waals surface area contributed by atoms with E-state index in [4.69, 9.17) is 5.73 Å². The Morgan fingerprint density at radius 3 is 2.39 bits per heavy atom. The zero-order chi connectivity index (χ0) is 19.8. The van der Waals surface area contributed by atoms with E-state index in [0.717, 1.165) is 44.1 Å². The average molecular weight is 385 g/mol. The van der Waals surface area contributed by atoms with Gasteiger partial charge in [-0.05, 0) is 48.2 Å². The fraction of sp³-hybridized carbons (Fsp3) is 0.333. The van der Waals surface area contributed by atoms with Crippen LogP contribution < -0.4 is 5.73 Å². The Hall–Kier alpha value is -2.80. The van der Waals surface area contributed by atoms with Crippen LogP contribution in [0.15, 0.2) is 36.4 Å². The molecule has 2 N–H and O–H groups in total. The highest BCUT2D eigenvalue weighted by atomic mass is 19.1. The summed E-state index contributed by atoms with van der Waals surface area (Å²) in [6.07, 6.45) is 1.57. The number of rotatable bonds is 4. The Kier molecular flexibility index (Phi) is 4.85. The molecule has 0 spiro atoms. The number of fused-ring (bicyclic) bond motifs is 1. The maximum Gasteiger partial charge on any atom is 0.255 e. The highest BCUT2D eigenvalue weighted by molar-refractivity contribution is 6.09. The van der Waals surface area contributed by atoms with E-state index in [2.05, 4.69) is 4.90 Å². The molecule has 2 aliphatic rings. The summed E-state index contributed by atoms with van der Waals surface area (Å²) in [7, 11) is 0. The van der Waals surface area contributed by atoms with Crippen molar-refractivity contribution in [3.8, 4) is 0 Å². The van der Waals surface area contributed by atoms with E-state index in [-0.39, 0.29) is 28.9 Å². The third kappa shape index (κ3) is 3.49. The molecule has 2 amide bonds. The lowest BCUT2D eigenvalue weighted by Gasteiger charge is -2.36. The highest BCUT2D eigenvalue weighted by Crippen LogP contribution is 2.31. The number of carbonyl (C=O) groups excluding carboxylic acids is 2. The van der Waals surface area contributed by atoms with Crippen molar-refractivity contribution in [2.75, 3.05) is 13.1 Å². The lowest BCUT2D eigenvalue weighted by molar-refractivity contribution is 0.0588. The maximum atomic E-state index is 13.8. The molecule has 7 heteroatoms. The van der Waals surface area contributed by atoms with Crippen molar-refractivity contribution in [1.29, 1.82) is 0 Å². The van der Waals surface area contributed by atoms with Crippen molar-refractivity contribution in [3.63, 3.8) is 0 Å². The van der Waals surface area contributed by atoms with E-state index in [1.54, 1.807) is 17.0 Å². The second-order valence-corrected chi connectivity index (χ2v) is 7.42. The number of benzene rings is 2. The van der Waals surface area contributed by atoms with Gasteiger partial charge in [0, 0.05) is 32.2 Å². The zero-order valence-electron chi connectivity index (χ0n) is 15.3. The first kappa shape index (κ1) is 18.6. The fourth-order valence-corrected chi connectivity index (χ4v) is 4.17. The van der Waals surface area contributed by atoms with Crippen LogP contribution in [-0.4, -0.2) is 40.7 Å². The molecule has 1 fully saturated rings. The van der Waals surface area contributed by atoms with Crippen molar-refractivity contribution in [2.45, 2.75) is 32.0 Å². The zero-order valence-corrected chi connectivity index (χ0v) is 15.3. The summed E-state index contributed by atoms with van der Waals surface area (Å²) in [6.45, 7) is 2.64. The summed E-state index contributed by atoms with van der Waals surface area (Å²) in [6, 6.07) is 8.85. The Bertz CT molecular complexity index is 922. The Morgan fingerprint density at radius 1 is 1.07 bits per heavy atom. The van der Waals surface area contributed by atoms with Crippen LogP contribution in [0.2, 0.25) is 0 Å². The third-order valence-electron chi connectivity index (χ3n) is 5.58. The Morgan fingerprint density at radius 2 is 1.75 bits per heavy atom. The molecule has 2 aliphatic heterocycles. The van der Waals surface area contributed by atoms with Crippen molar-refractivity contribution in [3.05, 3.63) is 70.3 Å². The number of likely N-dealkylation sites (tertiary alicyclic amines) is 1. The standard InChI is InChI=1S/C21H21F2N3O2/c22-15-3-1-13(2-4-15)11-25-7-5-17(6-8-25)26-12-14-9-16(23)10-18(20(24)27)19(14)21(26)28/h1-4,9-10,17H,5-8,11-12H2,(H2,24,27). The topological polar surface area (TPSA) is 66.6 Å². The Labute approximate surface area is 161 Å². The summed E-state index contributed by atoms with van der Waals surface area (Å²) in [5.74, 6) is -1.85. The molecular weight excluding hydrogens is 364 g/mol. The molecule has 2 aromatic rings. The van der Waals surface area contributed by atoms with Gasteiger partial charge >= 0.3 is 0 Å². The highest BCUT2D eigenvalue weighted by Gasteiger charge is 2.37. The van der Waals surface area contributed by atoms with Crippen LogP contribution in [0.25, 0.3) is 0 Å². The number of hydrogen-bond acceptors (Lipinski definition) is 3. The fourth-order valence-electron chi connectivity index (χ4n) is 4.17. The van der Waals surface area contributed by atoms with Gasteiger partial charge in [0.25, 0.3) is 5.91 Å². The minimum atomic E-state index is -0.792. The van der Waals surface area contributed by atoms with Crippen LogP contribution in [-0.2, 0) is 13.1 Å². The lowest BCUT2D eigenvalue weighted by atomic mass is 10.0. The number of nitrogens with two attached hydrogens (primary N) is 1. The quantitative estimate of drug-likeness (QED) is 0.880. The molecule has 0 aromatic heterocycles. The first-order valence-electron chi connectivity index (χ1n) is 9.32. The first-order valence-corrected chi connectivity index (χ1v) is 9.32. The van der Waals surface area contributed by atoms with E-state index in [1.165, 1.54) is 18.2 Å². The van der Waals surface area contributed by atoms with Gasteiger partial charge in [0.05, 0.1) is 11.1 Å². The maximum absolute atomic E-state index is 13.8. The molecular formula is C21H21F2N3O2. The van der Waals surface area contributed by atoms with Gasteiger partial charge in [-0.1, -0.05) is 12.1 Å². The van der Waals surface area contributed by atoms with Gasteiger partial charge in [-0.2, -0.15) is 0 Å². The largest absolute Gasteiger partial charge is 0.366 e. The van der Waals surface area contributed by atoms with Crippen molar-refractivity contribution in [1.82, 2.24) is 9.80 Å². The SMILES string of the molecule is NC(=O)c1cc(F)cc2c1C(=O)N(C1CCN(Cc3ccc(F)cc3)CC1)C2. The lowest BCUT2D eigenvalue weighted by Crippen LogP contribution is -2.44. The van der Waals surface area contributed by atoms with E-state index in [9.17, 15) is 18.4 Å². The summed E-state index contributed by atoms with van der Waals surface area (Å²) in [5, 5.41) is 0. The summed E-state index contributed by atoms with van der Waals surface area (Å²) < 4.78 is 26.8. The minimum absolute atomic E-state index is 0.0353. The normalized spacial score (nSPS) is 17.8. The molecule has 146 valence electrons. The minimum Gasteiger partial charge on any atom is -0.366 e. The van der Waals surface area contributed by atoms with E-state index >= 15 is 0 Å². The average Bonchev–Trinajstić information content (AvgIpc) is 3.00. The molecule has 2 heterocycles. The molecule has 0 atom stereocenters. The molecule has 5 nitrogen and oxygen atoms in total. The number of hydrogen-bond donors (Lipinski definition) is 1. The predicted molar refractivity (Wildman–Crippen MR) is 99.5 cm³/mol. The van der Waals surface area contributed by atoms with Crippen LogP contribution in [0.4, 0.5) is 8.78 Å². The smallest absolute Gasteiger partial charge is 0.255 e. The number of nitrogens with zero attached hydrogens (tertiary/aromatic N) is 2. The summed E-state index contributed by atoms with van der Waals surface area (Å²) >= 11 is 0. The molecule has 0 unspecified atom stereocenters. The van der Waals surface area contributed by atoms with Gasteiger partial charge in [-0.3, -0.25) is 14.5 Å². The summed E-state index contributed by atoms with van der Waals surface area (Å²) in [5.41, 5.74) is 7.10. The molecule has 4 rings (SSSR count). The number of piperidine rings is 1. The van der Waals surface area contributed by atoms with Gasteiger partial charge < -0.3 is 10.6 Å². The van der Waals surface area contributed by atoms with Crippen molar-refractivity contribution >= 4 is 11.8 Å². The van der Waals surface area contributed by atoms with Crippen molar-refractivity contribution < 1.29 is 18.4 Å². The van der Waals surface area contributed by atoms with Crippen LogP contribution >= 0.6 is 0 Å². The molecule has 0 aliphatic carbocycles. The second-order valence-electron chi connectivity index (χ2n) is 7.42. The number of carbonyl (C=O) groups is 2. The monoisotopic (exact) mass is 385 g/mol. The first-order chi connectivity index (χ1) is 13.4. The van der Waals surface area contributed by atoms with E-state index in [0.29, 0.717) is 12.1 Å². The molecule has 1 saturated heterocycles. The predicted octanol–water partition coefficient (Wildman–Crippen LogP) is 2.68. The van der Waals surface area contributed by atoms with Crippen LogP contribution in [0.5, 0.6) is 0 Å². The van der Waals surface area contributed by atoms with E-state index in [1.807, 2.05) is 0 Å². The Balaban J connectivity index is 1.43. The molecule has 0 bridgehead atoms. The molecule has 2 aromatic carbocycles. The van der Waals surface area contributed by atoms with Gasteiger partial charge in [0.2, 0.25) is 5.91 Å². The van der Waals surface area contributed by atoms with Gasteiger partial charge in [0.1, 0.15) is 11.6 Å². The number of amides is 2. The molecule has 0 radical (unpaired) electrons. The van der Waals surface area contributed by atoms with Crippen molar-refractivity contribution in [2.24, 2.45) is 5.73 Å². The molecule has 28 heavy (non-hydrogen) atoms. The van der Waals surface area contributed by atoms with Crippen LogP contribution in [0.3, 0.4) is 0 Å². The van der Waals surface area contributed by atoms with E-state index < -0.39 is 11.7 Å². The third-order valence-corrected chi connectivity index (χ3v) is 5.58. The number of primary amides is 1. The molecule has 0 saturated carbocycles. The van der Waals surface area contributed by atoms with Crippen LogP contribution in [0.1, 0.15) is 44.7 Å². The van der Waals surface area contributed by atoms with Gasteiger partial charge in [0.15, 0.2) is 0 Å². The van der Waals surface area contributed by atoms with Gasteiger partial charge in [-0.25, -0.2) is 8.78 Å².